The fourth-order valence-corrected chi connectivity index (χ4v) is 2.28. The molecule has 3 N–H and O–H groups in total. The number of nitrogens with zero attached hydrogens (tertiary/aromatic N) is 3. The molecule has 9 nitrogen and oxygen atoms in total. The number of rotatable bonds is 6. The van der Waals surface area contributed by atoms with E-state index in [1.807, 2.05) is 0 Å². The summed E-state index contributed by atoms with van der Waals surface area (Å²) in [6, 6.07) is 5.72. The van der Waals surface area contributed by atoms with E-state index in [1.165, 1.54) is 35.9 Å². The van der Waals surface area contributed by atoms with Crippen LogP contribution in [0.2, 0.25) is 0 Å². The molecule has 0 aromatic heterocycles. The Hall–Kier alpha value is -1.72. The lowest BCUT2D eigenvalue weighted by molar-refractivity contribution is -0.108. The second kappa shape index (κ2) is 6.83. The van der Waals surface area contributed by atoms with Crippen molar-refractivity contribution in [2.24, 2.45) is 9.98 Å². The molecule has 0 saturated heterocycles. The highest BCUT2D eigenvalue weighted by Crippen LogP contribution is 2.19. The molecule has 0 aliphatic carbocycles. The Morgan fingerprint density at radius 3 is 2.90 bits per heavy atom. The highest BCUT2D eigenvalue weighted by molar-refractivity contribution is 7.86. The second-order valence-electron chi connectivity index (χ2n) is 3.74. The molecule has 1 unspecified atom stereocenters. The van der Waals surface area contributed by atoms with Crippen LogP contribution in [0.15, 0.2) is 39.1 Å². The number of hydrogen-bond acceptors (Lipinski definition) is 8. The van der Waals surface area contributed by atoms with Crippen LogP contribution in [-0.4, -0.2) is 43.1 Å². The lowest BCUT2D eigenvalue weighted by Crippen LogP contribution is -2.47. The molecule has 0 bridgehead atoms. The molecule has 0 fully saturated rings. The molecule has 0 saturated carbocycles. The molecule has 1 aromatic rings. The van der Waals surface area contributed by atoms with Crippen molar-refractivity contribution in [3.8, 4) is 0 Å². The maximum atomic E-state index is 11.3. The van der Waals surface area contributed by atoms with Crippen LogP contribution < -0.4 is 10.9 Å². The van der Waals surface area contributed by atoms with Crippen LogP contribution in [0.4, 0.5) is 5.69 Å². The molecule has 2 rings (SSSR count). The lowest BCUT2D eigenvalue weighted by Gasteiger charge is -2.27. The molecule has 11 heteroatoms. The van der Waals surface area contributed by atoms with Crippen LogP contribution in [0.3, 0.4) is 0 Å². The van der Waals surface area contributed by atoms with Crippen molar-refractivity contribution < 1.29 is 17.8 Å². The first-order valence-corrected chi connectivity index (χ1v) is 7.60. The van der Waals surface area contributed by atoms with E-state index < -0.39 is 16.4 Å². The van der Waals surface area contributed by atoms with Gasteiger partial charge in [-0.15, -0.1) is 0 Å². The summed E-state index contributed by atoms with van der Waals surface area (Å²) in [5, 5.41) is 1.23. The minimum Gasteiger partial charge on any atom is -0.317 e. The first kappa shape index (κ1) is 15.7. The van der Waals surface area contributed by atoms with Gasteiger partial charge in [0.25, 0.3) is 10.1 Å². The molecule has 114 valence electrons. The van der Waals surface area contributed by atoms with Gasteiger partial charge in [0.2, 0.25) is 6.29 Å². The smallest absolute Gasteiger partial charge is 0.296 e. The summed E-state index contributed by atoms with van der Waals surface area (Å²) >= 11 is 5.46. The van der Waals surface area contributed by atoms with E-state index in [2.05, 4.69) is 20.8 Å². The average molecular weight is 334 g/mol. The Balaban J connectivity index is 2.10. The first-order valence-electron chi connectivity index (χ1n) is 5.62. The summed E-state index contributed by atoms with van der Waals surface area (Å²) < 4.78 is 31.7. The highest BCUT2D eigenvalue weighted by Gasteiger charge is 2.19. The average Bonchev–Trinajstić information content (AvgIpc) is 2.46. The number of benzene rings is 1. The largest absolute Gasteiger partial charge is 0.317 e. The molecule has 0 amide bonds. The maximum absolute atomic E-state index is 11.3. The Bertz CT molecular complexity index is 651. The number of hydroxylamine groups is 2. The van der Waals surface area contributed by atoms with Crippen LogP contribution in [-0.2, 0) is 15.0 Å². The minimum atomic E-state index is -4.34. The number of halogens is 1. The topological polar surface area (TPSA) is 116 Å². The number of alkyl halides is 1. The van der Waals surface area contributed by atoms with Gasteiger partial charge in [-0.1, -0.05) is 23.7 Å². The fourth-order valence-electron chi connectivity index (χ4n) is 1.52. The molecule has 1 aliphatic heterocycles. The predicted octanol–water partition coefficient (Wildman–Crippen LogP) is 0.634. The molecule has 1 heterocycles. The van der Waals surface area contributed by atoms with Gasteiger partial charge < -0.3 is 5.43 Å². The van der Waals surface area contributed by atoms with Crippen LogP contribution in [0.25, 0.3) is 0 Å². The standard InChI is InChI=1S/C10H12ClN5O4S/c11-5-20-16-7-12-6-13-10(16)15-14-8-3-1-2-4-9(8)21(17,18)19/h1-4,6-7,10,14-15H,5H2,(H,17,18,19). The predicted molar refractivity (Wildman–Crippen MR) is 77.4 cm³/mol. The quantitative estimate of drug-likeness (QED) is 0.397. The maximum Gasteiger partial charge on any atom is 0.296 e. The molecular weight excluding hydrogens is 322 g/mol. The molecule has 1 atom stereocenters. The first-order chi connectivity index (χ1) is 10.0. The van der Waals surface area contributed by atoms with E-state index in [4.69, 9.17) is 21.0 Å². The Kier molecular flexibility index (Phi) is 5.09. The van der Waals surface area contributed by atoms with Gasteiger partial charge in [-0.25, -0.2) is 15.0 Å². The summed E-state index contributed by atoms with van der Waals surface area (Å²) in [5.41, 5.74) is 5.52. The molecule has 0 radical (unpaired) electrons. The second-order valence-corrected chi connectivity index (χ2v) is 5.35. The van der Waals surface area contributed by atoms with Gasteiger partial charge >= 0.3 is 0 Å². The zero-order valence-electron chi connectivity index (χ0n) is 10.5. The minimum absolute atomic E-state index is 0.110. The van der Waals surface area contributed by atoms with Gasteiger partial charge in [0, 0.05) is 0 Å². The van der Waals surface area contributed by atoms with E-state index in [1.54, 1.807) is 6.07 Å². The third-order valence-corrected chi connectivity index (χ3v) is 3.40. The van der Waals surface area contributed by atoms with E-state index in [0.29, 0.717) is 0 Å². The van der Waals surface area contributed by atoms with Gasteiger partial charge in [0.1, 0.15) is 23.6 Å². The van der Waals surface area contributed by atoms with Crippen LogP contribution in [0.1, 0.15) is 0 Å². The van der Waals surface area contributed by atoms with Gasteiger partial charge in [0.15, 0.2) is 0 Å². The third kappa shape index (κ3) is 4.12. The van der Waals surface area contributed by atoms with Crippen LogP contribution >= 0.6 is 11.6 Å². The van der Waals surface area contributed by atoms with Crippen LogP contribution in [0, 0.1) is 0 Å². The molecular formula is C10H12ClN5O4S. The molecule has 21 heavy (non-hydrogen) atoms. The van der Waals surface area contributed by atoms with Crippen molar-refractivity contribution in [2.75, 3.05) is 11.5 Å². The van der Waals surface area contributed by atoms with Crippen molar-refractivity contribution in [2.45, 2.75) is 11.2 Å². The normalized spacial score (nSPS) is 18.0. The third-order valence-electron chi connectivity index (χ3n) is 2.39. The van der Waals surface area contributed by atoms with Crippen molar-refractivity contribution in [3.63, 3.8) is 0 Å². The summed E-state index contributed by atoms with van der Waals surface area (Å²) in [4.78, 5) is 12.5. The summed E-state index contributed by atoms with van der Waals surface area (Å²) in [6.45, 7) is 0. The highest BCUT2D eigenvalue weighted by atomic mass is 35.5. The van der Waals surface area contributed by atoms with Crippen molar-refractivity contribution in [3.05, 3.63) is 24.3 Å². The number of anilines is 1. The number of para-hydroxylation sites is 1. The van der Waals surface area contributed by atoms with E-state index in [-0.39, 0.29) is 16.6 Å². The van der Waals surface area contributed by atoms with Gasteiger partial charge in [-0.05, 0) is 12.1 Å². The van der Waals surface area contributed by atoms with E-state index >= 15 is 0 Å². The molecule has 1 aliphatic rings. The zero-order valence-corrected chi connectivity index (χ0v) is 12.1. The number of hydrazine groups is 1. The van der Waals surface area contributed by atoms with Crippen molar-refractivity contribution in [1.82, 2.24) is 10.5 Å². The summed E-state index contributed by atoms with van der Waals surface area (Å²) in [7, 11) is -4.34. The fraction of sp³-hybridized carbons (Fsp3) is 0.200. The molecule has 0 spiro atoms. The summed E-state index contributed by atoms with van der Waals surface area (Å²) in [6.07, 6.45) is 1.93. The van der Waals surface area contributed by atoms with Gasteiger partial charge in [-0.3, -0.25) is 9.39 Å². The SMILES string of the molecule is O=S(=O)(O)c1ccccc1NNC1N=CN=CN1OCCl. The Labute approximate surface area is 126 Å². The number of nitrogens with one attached hydrogen (secondary N) is 2. The Morgan fingerprint density at radius 1 is 1.43 bits per heavy atom. The van der Waals surface area contributed by atoms with Crippen molar-refractivity contribution >= 4 is 40.1 Å². The lowest BCUT2D eigenvalue weighted by atomic mass is 10.3. The van der Waals surface area contributed by atoms with Crippen molar-refractivity contribution in [1.29, 1.82) is 0 Å². The summed E-state index contributed by atoms with van der Waals surface area (Å²) in [5.74, 6) is 0. The Morgan fingerprint density at radius 2 is 2.19 bits per heavy atom. The molecule has 1 aromatic carbocycles. The number of hydrogen-bond donors (Lipinski definition) is 3. The van der Waals surface area contributed by atoms with E-state index in [9.17, 15) is 8.42 Å². The van der Waals surface area contributed by atoms with Crippen LogP contribution in [0.5, 0.6) is 0 Å². The van der Waals surface area contributed by atoms with E-state index in [0.717, 1.165) is 0 Å². The zero-order chi connectivity index (χ0) is 15.3. The number of aliphatic imine (C=N–C) groups is 2. The monoisotopic (exact) mass is 333 g/mol. The van der Waals surface area contributed by atoms with Gasteiger partial charge in [0.05, 0.1) is 5.69 Å². The van der Waals surface area contributed by atoms with Gasteiger partial charge in [-0.2, -0.15) is 13.8 Å².